The lowest BCUT2D eigenvalue weighted by Gasteiger charge is -2.03. The normalized spacial score (nSPS) is 10.4. The highest BCUT2D eigenvalue weighted by Crippen LogP contribution is 2.26. The Bertz CT molecular complexity index is 855. The number of nitrogens with zero attached hydrogens (tertiary/aromatic N) is 1. The van der Waals surface area contributed by atoms with Gasteiger partial charge in [-0.15, -0.1) is 11.3 Å². The number of rotatable bonds is 5. The minimum Gasteiger partial charge on any atom is -0.478 e. The summed E-state index contributed by atoms with van der Waals surface area (Å²) in [5.41, 5.74) is 1.27. The molecule has 5 heteroatoms. The predicted molar refractivity (Wildman–Crippen MR) is 89.0 cm³/mol. The van der Waals surface area contributed by atoms with Crippen molar-refractivity contribution < 1.29 is 14.7 Å². The van der Waals surface area contributed by atoms with Crippen molar-refractivity contribution >= 4 is 23.1 Å². The van der Waals surface area contributed by atoms with Gasteiger partial charge >= 0.3 is 5.97 Å². The largest absolute Gasteiger partial charge is 0.478 e. The molecule has 1 aromatic heterocycles. The second-order valence-electron chi connectivity index (χ2n) is 4.95. The maximum atomic E-state index is 12.4. The van der Waals surface area contributed by atoms with E-state index in [4.69, 9.17) is 0 Å². The van der Waals surface area contributed by atoms with Gasteiger partial charge in [0.15, 0.2) is 5.78 Å². The first-order valence-electron chi connectivity index (χ1n) is 7.01. The van der Waals surface area contributed by atoms with E-state index in [0.717, 1.165) is 15.4 Å². The Kier molecular flexibility index (Phi) is 4.30. The molecule has 3 rings (SSSR count). The lowest BCUT2D eigenvalue weighted by molar-refractivity contribution is 0.0692. The molecular formula is C18H13NO3S. The summed E-state index contributed by atoms with van der Waals surface area (Å²) >= 11 is 1.44. The summed E-state index contributed by atoms with van der Waals surface area (Å²) in [4.78, 5) is 28.8. The number of aromatic nitrogens is 1. The molecule has 0 amide bonds. The highest BCUT2D eigenvalue weighted by atomic mass is 32.1. The van der Waals surface area contributed by atoms with Gasteiger partial charge < -0.3 is 5.11 Å². The standard InChI is InChI=1S/C18H13NO3S/c20-16(14-8-4-5-9-15(14)18(21)22)10-13-11-19-17(23-13)12-6-2-1-3-7-12/h1-9,11H,10H2,(H,21,22). The van der Waals surface area contributed by atoms with Crippen LogP contribution in [0.4, 0.5) is 0 Å². The summed E-state index contributed by atoms with van der Waals surface area (Å²) in [6.07, 6.45) is 1.82. The van der Waals surface area contributed by atoms with E-state index in [1.54, 1.807) is 24.4 Å². The zero-order chi connectivity index (χ0) is 16.2. The molecule has 0 radical (unpaired) electrons. The minimum atomic E-state index is -1.09. The zero-order valence-electron chi connectivity index (χ0n) is 12.1. The molecule has 23 heavy (non-hydrogen) atoms. The molecule has 3 aromatic rings. The fraction of sp³-hybridized carbons (Fsp3) is 0.0556. The summed E-state index contributed by atoms with van der Waals surface area (Å²) < 4.78 is 0. The number of thiazole rings is 1. The third-order valence-electron chi connectivity index (χ3n) is 3.37. The molecule has 0 aliphatic carbocycles. The van der Waals surface area contributed by atoms with Gasteiger partial charge in [-0.2, -0.15) is 0 Å². The summed E-state index contributed by atoms with van der Waals surface area (Å²) in [5, 5.41) is 10.0. The Morgan fingerprint density at radius 3 is 2.30 bits per heavy atom. The first-order chi connectivity index (χ1) is 11.1. The van der Waals surface area contributed by atoms with Gasteiger partial charge in [0.05, 0.1) is 5.56 Å². The van der Waals surface area contributed by atoms with Crippen LogP contribution < -0.4 is 0 Å². The molecule has 0 aliphatic rings. The van der Waals surface area contributed by atoms with Crippen LogP contribution in [0.2, 0.25) is 0 Å². The molecule has 0 aliphatic heterocycles. The van der Waals surface area contributed by atoms with E-state index < -0.39 is 5.97 Å². The van der Waals surface area contributed by atoms with Crippen molar-refractivity contribution in [2.75, 3.05) is 0 Å². The Hall–Kier alpha value is -2.79. The van der Waals surface area contributed by atoms with Gasteiger partial charge in [-0.3, -0.25) is 4.79 Å². The van der Waals surface area contributed by atoms with E-state index >= 15 is 0 Å². The Labute approximate surface area is 137 Å². The highest BCUT2D eigenvalue weighted by molar-refractivity contribution is 7.15. The molecule has 0 saturated carbocycles. The topological polar surface area (TPSA) is 67.3 Å². The molecule has 0 fully saturated rings. The number of Topliss-reactive ketones (excluding diaryl/α,β-unsaturated/α-hetero) is 1. The maximum absolute atomic E-state index is 12.4. The van der Waals surface area contributed by atoms with E-state index in [0.29, 0.717) is 0 Å². The number of carboxylic acids is 1. The molecule has 0 spiro atoms. The molecule has 2 aromatic carbocycles. The van der Waals surface area contributed by atoms with Crippen LogP contribution in [0.5, 0.6) is 0 Å². The van der Waals surface area contributed by atoms with E-state index in [9.17, 15) is 14.7 Å². The fourth-order valence-corrected chi connectivity index (χ4v) is 3.19. The number of aromatic carboxylic acids is 1. The number of hydrogen-bond acceptors (Lipinski definition) is 4. The fourth-order valence-electron chi connectivity index (χ4n) is 2.27. The number of carboxylic acid groups (broad SMARTS) is 1. The summed E-state index contributed by atoms with van der Waals surface area (Å²) in [5.74, 6) is -1.31. The van der Waals surface area contributed by atoms with Gasteiger partial charge in [-0.1, -0.05) is 48.5 Å². The maximum Gasteiger partial charge on any atom is 0.336 e. The third kappa shape index (κ3) is 3.35. The minimum absolute atomic E-state index is 0.0327. The van der Waals surface area contributed by atoms with Crippen LogP contribution in [-0.2, 0) is 6.42 Å². The summed E-state index contributed by atoms with van der Waals surface area (Å²) in [7, 11) is 0. The van der Waals surface area contributed by atoms with Crippen molar-refractivity contribution in [3.63, 3.8) is 0 Å². The lowest BCUT2D eigenvalue weighted by Crippen LogP contribution is -2.10. The molecule has 0 saturated heterocycles. The molecule has 114 valence electrons. The SMILES string of the molecule is O=C(O)c1ccccc1C(=O)Cc1cnc(-c2ccccc2)s1. The second-order valence-corrected chi connectivity index (χ2v) is 6.06. The van der Waals surface area contributed by atoms with Crippen LogP contribution in [0.15, 0.2) is 60.8 Å². The van der Waals surface area contributed by atoms with E-state index in [1.807, 2.05) is 30.3 Å². The second kappa shape index (κ2) is 6.54. The number of ketones is 1. The van der Waals surface area contributed by atoms with Gasteiger partial charge in [0.2, 0.25) is 0 Å². The summed E-state index contributed by atoms with van der Waals surface area (Å²) in [6, 6.07) is 16.0. The average Bonchev–Trinajstić information content (AvgIpc) is 3.04. The quantitative estimate of drug-likeness (QED) is 0.722. The highest BCUT2D eigenvalue weighted by Gasteiger charge is 2.17. The van der Waals surface area contributed by atoms with E-state index in [2.05, 4.69) is 4.98 Å². The van der Waals surface area contributed by atoms with Gasteiger partial charge in [0.25, 0.3) is 0 Å². The van der Waals surface area contributed by atoms with Gasteiger partial charge in [-0.05, 0) is 6.07 Å². The van der Waals surface area contributed by atoms with Crippen LogP contribution >= 0.6 is 11.3 Å². The first kappa shape index (κ1) is 15.1. The number of benzene rings is 2. The summed E-state index contributed by atoms with van der Waals surface area (Å²) in [6.45, 7) is 0. The van der Waals surface area contributed by atoms with Crippen LogP contribution in [0.25, 0.3) is 10.6 Å². The Morgan fingerprint density at radius 2 is 1.61 bits per heavy atom. The van der Waals surface area contributed by atoms with Crippen LogP contribution in [0.1, 0.15) is 25.6 Å². The first-order valence-corrected chi connectivity index (χ1v) is 7.82. The third-order valence-corrected chi connectivity index (χ3v) is 4.41. The predicted octanol–water partition coefficient (Wildman–Crippen LogP) is 3.93. The van der Waals surface area contributed by atoms with Gasteiger partial charge in [0, 0.05) is 28.6 Å². The molecular weight excluding hydrogens is 310 g/mol. The van der Waals surface area contributed by atoms with Crippen molar-refractivity contribution in [1.29, 1.82) is 0 Å². The van der Waals surface area contributed by atoms with Gasteiger partial charge in [0.1, 0.15) is 5.01 Å². The zero-order valence-corrected chi connectivity index (χ0v) is 12.9. The smallest absolute Gasteiger partial charge is 0.336 e. The molecule has 4 nitrogen and oxygen atoms in total. The van der Waals surface area contributed by atoms with Crippen molar-refractivity contribution in [2.45, 2.75) is 6.42 Å². The molecule has 1 N–H and O–H groups in total. The van der Waals surface area contributed by atoms with Crippen molar-refractivity contribution in [2.24, 2.45) is 0 Å². The number of carbonyl (C=O) groups excluding carboxylic acids is 1. The Morgan fingerprint density at radius 1 is 0.957 bits per heavy atom. The van der Waals surface area contributed by atoms with Crippen molar-refractivity contribution in [3.05, 3.63) is 76.8 Å². The Balaban J connectivity index is 1.82. The van der Waals surface area contributed by atoms with E-state index in [1.165, 1.54) is 17.4 Å². The number of hydrogen-bond donors (Lipinski definition) is 1. The van der Waals surface area contributed by atoms with Crippen molar-refractivity contribution in [3.8, 4) is 10.6 Å². The molecule has 0 unspecified atom stereocenters. The van der Waals surface area contributed by atoms with Gasteiger partial charge in [-0.25, -0.2) is 9.78 Å². The molecule has 0 atom stereocenters. The molecule has 1 heterocycles. The average molecular weight is 323 g/mol. The lowest BCUT2D eigenvalue weighted by atomic mass is 10.0. The van der Waals surface area contributed by atoms with Crippen molar-refractivity contribution in [1.82, 2.24) is 4.98 Å². The van der Waals surface area contributed by atoms with E-state index in [-0.39, 0.29) is 23.3 Å². The number of carbonyl (C=O) groups is 2. The molecule has 0 bridgehead atoms. The van der Waals surface area contributed by atoms with Crippen LogP contribution in [0, 0.1) is 0 Å². The monoisotopic (exact) mass is 323 g/mol. The van der Waals surface area contributed by atoms with Crippen LogP contribution in [-0.4, -0.2) is 21.8 Å². The van der Waals surface area contributed by atoms with Crippen LogP contribution in [0.3, 0.4) is 0 Å².